The van der Waals surface area contributed by atoms with Crippen LogP contribution in [0.5, 0.6) is 0 Å². The highest BCUT2D eigenvalue weighted by atomic mass is 16.5. The first-order chi connectivity index (χ1) is 67.6. The van der Waals surface area contributed by atoms with Gasteiger partial charge in [0.25, 0.3) is 0 Å². The van der Waals surface area contributed by atoms with Crippen molar-refractivity contribution in [1.29, 1.82) is 0 Å². The second-order valence-corrected chi connectivity index (χ2v) is 41.7. The summed E-state index contributed by atoms with van der Waals surface area (Å²) in [6, 6.07) is 10.0. The van der Waals surface area contributed by atoms with Crippen molar-refractivity contribution in [2.45, 2.75) is 717 Å². The second kappa shape index (κ2) is 139. The first kappa shape index (κ1) is 142. The number of unbranched alkanes of at least 4 members (excludes halogenated alkanes) is 89. The Balaban J connectivity index is -0.000000520. The van der Waals surface area contributed by atoms with Gasteiger partial charge in [-0.05, 0) is 63.4 Å². The number of aliphatic hydroxyl groups is 1. The molecule has 0 heterocycles. The van der Waals surface area contributed by atoms with E-state index >= 15 is 0 Å². The third-order valence-corrected chi connectivity index (χ3v) is 27.5. The average Bonchev–Trinajstić information content (AvgIpc) is 0.976. The number of rotatable bonds is 107. The smallest absolute Gasteiger partial charge is 0.305 e. The molecule has 1 aromatic rings. The molecule has 0 bridgehead atoms. The van der Waals surface area contributed by atoms with E-state index in [1.807, 2.05) is 36.4 Å². The maximum absolute atomic E-state index is 11.6. The molecule has 0 aromatic heterocycles. The molecule has 0 aliphatic rings. The molecule has 0 unspecified atom stereocenters. The summed E-state index contributed by atoms with van der Waals surface area (Å²) in [5.74, 6) is 0.0361. The summed E-state index contributed by atoms with van der Waals surface area (Å²) in [5, 5.41) is 8.67. The quantitative estimate of drug-likeness (QED) is 0.0385. The van der Waals surface area contributed by atoms with Gasteiger partial charge in [-0.15, -0.1) is 0 Å². The zero-order chi connectivity index (χ0) is 101. The Morgan fingerprint density at radius 3 is 0.423 bits per heavy atom. The number of carbonyl (C=O) groups is 4. The maximum atomic E-state index is 11.6. The van der Waals surface area contributed by atoms with E-state index in [9.17, 15) is 19.2 Å². The molecule has 1 N–H and O–H groups in total. The Labute approximate surface area is 860 Å². The molecule has 0 spiro atoms. The number of carbonyl (C=O) groups excluding carboxylic acids is 4. The SMILES string of the molecule is C=Cc1ccccc1.CCCCCCCCCCCCCCCCCCO.CCCCCCCCCCCCCCCCCCOC(=O)CCCCCC.CCCCCCCCCCCCCCCCCCOC(=O)CCCCCC.CCCCCCCCCCCCCCCCCCOC(=O)CCCCCCC.CCCCCCCCCCCCCCCCCCOC(=O)CCCCCCC. The molecule has 1 aromatic carbocycles. The highest BCUT2D eigenvalue weighted by Crippen LogP contribution is 2.22. The molecule has 0 fully saturated rings. The van der Waals surface area contributed by atoms with E-state index < -0.39 is 0 Å². The molecule has 1 rings (SSSR count). The fourth-order valence-electron chi connectivity index (χ4n) is 18.0. The van der Waals surface area contributed by atoms with Crippen LogP contribution < -0.4 is 0 Å². The molecule has 9 nitrogen and oxygen atoms in total. The van der Waals surface area contributed by atoms with Crippen molar-refractivity contribution in [1.82, 2.24) is 0 Å². The largest absolute Gasteiger partial charge is 0.466 e. The number of benzene rings is 1. The summed E-state index contributed by atoms with van der Waals surface area (Å²) in [6.45, 7) is 26.8. The van der Waals surface area contributed by atoms with Crippen molar-refractivity contribution >= 4 is 30.0 Å². The van der Waals surface area contributed by atoms with Gasteiger partial charge in [0.05, 0.1) is 26.4 Å². The zero-order valence-corrected chi connectivity index (χ0v) is 95.0. The number of hydrogen-bond acceptors (Lipinski definition) is 9. The second-order valence-electron chi connectivity index (χ2n) is 41.7. The van der Waals surface area contributed by atoms with E-state index in [-0.39, 0.29) is 23.9 Å². The summed E-state index contributed by atoms with van der Waals surface area (Å²) in [7, 11) is 0. The van der Waals surface area contributed by atoms with Crippen LogP contribution in [-0.2, 0) is 38.1 Å². The third-order valence-electron chi connectivity index (χ3n) is 27.5. The van der Waals surface area contributed by atoms with E-state index in [2.05, 4.69) is 68.9 Å². The Morgan fingerprint density at radius 1 is 0.182 bits per heavy atom. The van der Waals surface area contributed by atoms with Crippen molar-refractivity contribution in [2.24, 2.45) is 0 Å². The Bertz CT molecular complexity index is 2150. The van der Waals surface area contributed by atoms with Gasteiger partial charge >= 0.3 is 23.9 Å². The summed E-state index contributed by atoms with van der Waals surface area (Å²) >= 11 is 0. The lowest BCUT2D eigenvalue weighted by molar-refractivity contribution is -0.144. The van der Waals surface area contributed by atoms with E-state index in [1.165, 1.54) is 564 Å². The molecule has 0 saturated heterocycles. The summed E-state index contributed by atoms with van der Waals surface area (Å²) in [4.78, 5) is 46.3. The van der Waals surface area contributed by atoms with Crippen LogP contribution >= 0.6 is 0 Å². The normalized spacial score (nSPS) is 10.9. The van der Waals surface area contributed by atoms with Crippen molar-refractivity contribution in [3.05, 3.63) is 42.5 Å². The minimum Gasteiger partial charge on any atom is -0.466 e. The third kappa shape index (κ3) is 146. The predicted molar refractivity (Wildman–Crippen MR) is 609 cm³/mol. The molecule has 0 radical (unpaired) electrons. The Morgan fingerprint density at radius 2 is 0.299 bits per heavy atom. The van der Waals surface area contributed by atoms with Gasteiger partial charge < -0.3 is 24.1 Å². The molecule has 0 saturated carbocycles. The van der Waals surface area contributed by atoms with Crippen LogP contribution in [0.4, 0.5) is 0 Å². The standard InChI is InChI=1S/2C26H52O2.2C25H50O2.C18H38O.C8H8/c2*1-3-5-7-9-10-11-12-13-14-15-16-17-18-19-21-23-25-28-26(27)24-22-20-8-6-4-2;2*1-3-5-7-9-10-11-12-13-14-15-16-17-18-19-20-22-24-27-25(26)23-21-8-6-4-2;1-2-3-4-5-6-7-8-9-10-11-12-13-14-15-16-17-18-19;1-2-8-6-4-3-5-7-8/h2*3-25H2,1-2H3;2*3-24H2,1-2H3;19H,2-18H2,1H3;2-7H,1H2. The molecule has 137 heavy (non-hydrogen) atoms. The summed E-state index contributed by atoms with van der Waals surface area (Å²) in [6.07, 6.45) is 136. The topological polar surface area (TPSA) is 125 Å². The highest BCUT2D eigenvalue weighted by molar-refractivity contribution is 5.70. The lowest BCUT2D eigenvalue weighted by Gasteiger charge is -2.05. The monoisotopic (exact) mass is 1930 g/mol. The number of aliphatic hydroxyl groups excluding tert-OH is 1. The van der Waals surface area contributed by atoms with Crippen LogP contribution in [0.15, 0.2) is 36.9 Å². The van der Waals surface area contributed by atoms with Gasteiger partial charge in [-0.3, -0.25) is 19.2 Å². The van der Waals surface area contributed by atoms with Gasteiger partial charge in [-0.1, -0.05) is 677 Å². The minimum absolute atomic E-state index is 0.00654. The minimum atomic E-state index is 0.00654. The van der Waals surface area contributed by atoms with Crippen molar-refractivity contribution in [3.8, 4) is 0 Å². The lowest BCUT2D eigenvalue weighted by Crippen LogP contribution is -2.05. The number of esters is 4. The van der Waals surface area contributed by atoms with Gasteiger partial charge in [-0.2, -0.15) is 0 Å². The van der Waals surface area contributed by atoms with Gasteiger partial charge in [0.1, 0.15) is 0 Å². The van der Waals surface area contributed by atoms with Crippen LogP contribution in [0.2, 0.25) is 0 Å². The molecular formula is C128H250O9. The van der Waals surface area contributed by atoms with E-state index in [0.29, 0.717) is 58.7 Å². The van der Waals surface area contributed by atoms with Crippen LogP contribution in [0.25, 0.3) is 6.08 Å². The Kier molecular flexibility index (Phi) is 144. The molecule has 0 aliphatic carbocycles. The predicted octanol–water partition coefficient (Wildman–Crippen LogP) is 44.4. The lowest BCUT2D eigenvalue weighted by atomic mass is 10.0. The van der Waals surface area contributed by atoms with Crippen molar-refractivity contribution in [3.63, 3.8) is 0 Å². The van der Waals surface area contributed by atoms with Crippen LogP contribution in [-0.4, -0.2) is 62.0 Å². The first-order valence-electron chi connectivity index (χ1n) is 62.5. The number of hydrogen-bond donors (Lipinski definition) is 1. The van der Waals surface area contributed by atoms with Crippen molar-refractivity contribution in [2.75, 3.05) is 33.0 Å². The van der Waals surface area contributed by atoms with Crippen LogP contribution in [0.3, 0.4) is 0 Å². The van der Waals surface area contributed by atoms with Gasteiger partial charge in [0.15, 0.2) is 0 Å². The zero-order valence-electron chi connectivity index (χ0n) is 95.0. The van der Waals surface area contributed by atoms with E-state index in [1.54, 1.807) is 0 Å². The molecule has 816 valence electrons. The molecule has 0 aliphatic heterocycles. The average molecular weight is 1930 g/mol. The van der Waals surface area contributed by atoms with E-state index in [0.717, 1.165) is 70.6 Å². The van der Waals surface area contributed by atoms with Crippen LogP contribution in [0, 0.1) is 0 Å². The summed E-state index contributed by atoms with van der Waals surface area (Å²) in [5.41, 5.74) is 1.17. The van der Waals surface area contributed by atoms with Crippen LogP contribution in [0.1, 0.15) is 723 Å². The molecular weight excluding hydrogens is 1680 g/mol. The Hall–Kier alpha value is -3.20. The van der Waals surface area contributed by atoms with Gasteiger partial charge in [-0.25, -0.2) is 0 Å². The maximum Gasteiger partial charge on any atom is 0.305 e. The highest BCUT2D eigenvalue weighted by Gasteiger charge is 2.09. The summed E-state index contributed by atoms with van der Waals surface area (Å²) < 4.78 is 21.3. The van der Waals surface area contributed by atoms with Crippen molar-refractivity contribution < 1.29 is 43.2 Å². The van der Waals surface area contributed by atoms with E-state index in [4.69, 9.17) is 24.1 Å². The molecule has 0 amide bonds. The fraction of sp³-hybridized carbons (Fsp3) is 0.906. The number of ether oxygens (including phenoxy) is 4. The fourth-order valence-corrected chi connectivity index (χ4v) is 18.0. The van der Waals surface area contributed by atoms with Gasteiger partial charge in [0.2, 0.25) is 0 Å². The molecule has 9 heteroatoms. The molecule has 0 atom stereocenters. The van der Waals surface area contributed by atoms with Gasteiger partial charge in [0, 0.05) is 32.3 Å². The first-order valence-corrected chi connectivity index (χ1v) is 62.5.